The van der Waals surface area contributed by atoms with Crippen LogP contribution in [0.15, 0.2) is 18.2 Å². The van der Waals surface area contributed by atoms with Crippen LogP contribution in [0.4, 0.5) is 4.39 Å². The number of hydrogen-bond donors (Lipinski definition) is 1. The van der Waals surface area contributed by atoms with Gasteiger partial charge in [0.05, 0.1) is 0 Å². The quantitative estimate of drug-likeness (QED) is 0.862. The number of nitrogens with one attached hydrogen (secondary N) is 1. The van der Waals surface area contributed by atoms with E-state index in [1.54, 1.807) is 6.07 Å². The van der Waals surface area contributed by atoms with Crippen molar-refractivity contribution in [3.05, 3.63) is 35.1 Å². The van der Waals surface area contributed by atoms with E-state index in [0.717, 1.165) is 30.0 Å². The molecule has 0 aromatic heterocycles. The highest BCUT2D eigenvalue weighted by molar-refractivity contribution is 7.99. The van der Waals surface area contributed by atoms with Gasteiger partial charge in [-0.25, -0.2) is 4.39 Å². The molecule has 106 valence electrons. The molecule has 1 aromatic rings. The monoisotopic (exact) mass is 281 g/mol. The molecule has 1 fully saturated rings. The van der Waals surface area contributed by atoms with Crippen molar-refractivity contribution < 1.29 is 4.39 Å². The lowest BCUT2D eigenvalue weighted by Gasteiger charge is -2.27. The van der Waals surface area contributed by atoms with Crippen molar-refractivity contribution in [1.29, 1.82) is 0 Å². The van der Waals surface area contributed by atoms with Gasteiger partial charge in [0.25, 0.3) is 0 Å². The van der Waals surface area contributed by atoms with E-state index in [2.05, 4.69) is 30.1 Å². The first-order valence-electron chi connectivity index (χ1n) is 7.28. The second-order valence-electron chi connectivity index (χ2n) is 5.41. The molecule has 1 N–H and O–H groups in total. The molecule has 0 radical (unpaired) electrons. The predicted molar refractivity (Wildman–Crippen MR) is 82.2 cm³/mol. The van der Waals surface area contributed by atoms with Crippen molar-refractivity contribution in [2.45, 2.75) is 39.2 Å². The van der Waals surface area contributed by atoms with E-state index in [1.165, 1.54) is 24.3 Å². The zero-order valence-corrected chi connectivity index (χ0v) is 12.7. The lowest BCUT2D eigenvalue weighted by molar-refractivity contribution is 0.373. The average molecular weight is 281 g/mol. The Morgan fingerprint density at radius 1 is 1.37 bits per heavy atom. The Morgan fingerprint density at radius 3 is 2.74 bits per heavy atom. The Hall–Kier alpha value is -0.540. The number of thioether (sulfide) groups is 1. The van der Waals surface area contributed by atoms with E-state index in [4.69, 9.17) is 0 Å². The van der Waals surface area contributed by atoms with Crippen molar-refractivity contribution in [3.8, 4) is 0 Å². The molecule has 1 aliphatic heterocycles. The highest BCUT2D eigenvalue weighted by Crippen LogP contribution is 2.31. The summed E-state index contributed by atoms with van der Waals surface area (Å²) in [5, 5.41) is 3.52. The molecule has 1 aliphatic rings. The van der Waals surface area contributed by atoms with Crippen LogP contribution in [0.1, 0.15) is 43.4 Å². The Bertz CT molecular complexity index is 402. The van der Waals surface area contributed by atoms with Gasteiger partial charge in [-0.3, -0.25) is 0 Å². The second-order valence-corrected chi connectivity index (χ2v) is 6.64. The average Bonchev–Trinajstić information content (AvgIpc) is 2.43. The van der Waals surface area contributed by atoms with Crippen LogP contribution < -0.4 is 5.32 Å². The minimum Gasteiger partial charge on any atom is -0.310 e. The lowest BCUT2D eigenvalue weighted by atomic mass is 9.90. The fourth-order valence-corrected chi connectivity index (χ4v) is 3.93. The summed E-state index contributed by atoms with van der Waals surface area (Å²) in [5.41, 5.74) is 1.83. The molecule has 1 nitrogen and oxygen atoms in total. The summed E-state index contributed by atoms with van der Waals surface area (Å²) in [6.07, 6.45) is 3.75. The summed E-state index contributed by atoms with van der Waals surface area (Å²) in [5.74, 6) is 3.27. The third-order valence-electron chi connectivity index (χ3n) is 3.96. The van der Waals surface area contributed by atoms with Crippen molar-refractivity contribution >= 4 is 11.8 Å². The summed E-state index contributed by atoms with van der Waals surface area (Å²) in [6.45, 7) is 4.87. The molecule has 1 saturated heterocycles. The van der Waals surface area contributed by atoms with Gasteiger partial charge in [0.15, 0.2) is 0 Å². The van der Waals surface area contributed by atoms with Crippen LogP contribution in [0.2, 0.25) is 0 Å². The lowest BCUT2D eigenvalue weighted by Crippen LogP contribution is -2.25. The normalized spacial score (nSPS) is 18.5. The number of benzene rings is 1. The van der Waals surface area contributed by atoms with Crippen LogP contribution in [0, 0.1) is 18.7 Å². The Labute approximate surface area is 120 Å². The zero-order valence-electron chi connectivity index (χ0n) is 11.9. The molecule has 0 bridgehead atoms. The number of rotatable bonds is 5. The SMILES string of the molecule is CCNC(CC1CCSCC1)c1ccc(C)c(F)c1. The van der Waals surface area contributed by atoms with Crippen LogP contribution in [0.5, 0.6) is 0 Å². The van der Waals surface area contributed by atoms with E-state index in [9.17, 15) is 4.39 Å². The van der Waals surface area contributed by atoms with Crippen LogP contribution in [-0.2, 0) is 0 Å². The van der Waals surface area contributed by atoms with Gasteiger partial charge in [0.1, 0.15) is 5.82 Å². The molecule has 3 heteroatoms. The number of aryl methyl sites for hydroxylation is 1. The van der Waals surface area contributed by atoms with Crippen LogP contribution in [0.3, 0.4) is 0 Å². The van der Waals surface area contributed by atoms with Crippen molar-refractivity contribution in [2.24, 2.45) is 5.92 Å². The fraction of sp³-hybridized carbons (Fsp3) is 0.625. The highest BCUT2D eigenvalue weighted by atomic mass is 32.2. The molecule has 1 aromatic carbocycles. The van der Waals surface area contributed by atoms with Crippen LogP contribution >= 0.6 is 11.8 Å². The van der Waals surface area contributed by atoms with Gasteiger partial charge in [-0.1, -0.05) is 19.1 Å². The minimum atomic E-state index is -0.0837. The Balaban J connectivity index is 2.07. The molecule has 0 aliphatic carbocycles. The van der Waals surface area contributed by atoms with Crippen molar-refractivity contribution in [2.75, 3.05) is 18.1 Å². The third-order valence-corrected chi connectivity index (χ3v) is 5.01. The van der Waals surface area contributed by atoms with Crippen molar-refractivity contribution in [3.63, 3.8) is 0 Å². The van der Waals surface area contributed by atoms with Crippen LogP contribution in [0.25, 0.3) is 0 Å². The van der Waals surface area contributed by atoms with Crippen LogP contribution in [-0.4, -0.2) is 18.1 Å². The third kappa shape index (κ3) is 4.22. The van der Waals surface area contributed by atoms with E-state index in [1.807, 2.05) is 13.0 Å². The molecule has 0 amide bonds. The van der Waals surface area contributed by atoms with E-state index in [-0.39, 0.29) is 5.82 Å². The van der Waals surface area contributed by atoms with Gasteiger partial charge in [-0.05, 0) is 67.3 Å². The number of halogens is 1. The molecular weight excluding hydrogens is 257 g/mol. The summed E-state index contributed by atoms with van der Waals surface area (Å²) < 4.78 is 13.7. The molecule has 0 saturated carbocycles. The molecule has 1 heterocycles. The Kier molecular flexibility index (Phi) is 5.71. The second kappa shape index (κ2) is 7.30. The fourth-order valence-electron chi connectivity index (χ4n) is 2.72. The van der Waals surface area contributed by atoms with E-state index in [0.29, 0.717) is 6.04 Å². The molecule has 19 heavy (non-hydrogen) atoms. The zero-order chi connectivity index (χ0) is 13.7. The first-order valence-corrected chi connectivity index (χ1v) is 8.43. The Morgan fingerprint density at radius 2 is 2.11 bits per heavy atom. The highest BCUT2D eigenvalue weighted by Gasteiger charge is 2.20. The van der Waals surface area contributed by atoms with Crippen molar-refractivity contribution in [1.82, 2.24) is 5.32 Å². The molecular formula is C16H24FNS. The van der Waals surface area contributed by atoms with Gasteiger partial charge < -0.3 is 5.32 Å². The van der Waals surface area contributed by atoms with Gasteiger partial charge in [0.2, 0.25) is 0 Å². The maximum Gasteiger partial charge on any atom is 0.126 e. The molecule has 1 unspecified atom stereocenters. The van der Waals surface area contributed by atoms with Gasteiger partial charge in [-0.2, -0.15) is 11.8 Å². The molecule has 1 atom stereocenters. The largest absolute Gasteiger partial charge is 0.310 e. The summed E-state index contributed by atoms with van der Waals surface area (Å²) in [7, 11) is 0. The van der Waals surface area contributed by atoms with E-state index < -0.39 is 0 Å². The molecule has 0 spiro atoms. The minimum absolute atomic E-state index is 0.0837. The van der Waals surface area contributed by atoms with Gasteiger partial charge in [-0.15, -0.1) is 0 Å². The summed E-state index contributed by atoms with van der Waals surface area (Å²) >= 11 is 2.06. The number of hydrogen-bond acceptors (Lipinski definition) is 2. The standard InChI is InChI=1S/C16H24FNS/c1-3-18-16(10-13-6-8-19-9-7-13)14-5-4-12(2)15(17)11-14/h4-5,11,13,16,18H,3,6-10H2,1-2H3. The smallest absolute Gasteiger partial charge is 0.126 e. The predicted octanol–water partition coefficient (Wildman–Crippen LogP) is 4.32. The molecule has 2 rings (SSSR count). The summed E-state index contributed by atoms with van der Waals surface area (Å²) in [6, 6.07) is 5.98. The summed E-state index contributed by atoms with van der Waals surface area (Å²) in [4.78, 5) is 0. The topological polar surface area (TPSA) is 12.0 Å². The van der Waals surface area contributed by atoms with Gasteiger partial charge >= 0.3 is 0 Å². The van der Waals surface area contributed by atoms with Gasteiger partial charge in [0, 0.05) is 6.04 Å². The van der Waals surface area contributed by atoms with E-state index >= 15 is 0 Å². The first-order chi connectivity index (χ1) is 9.20. The first kappa shape index (κ1) is 14.9. The maximum atomic E-state index is 13.7. The maximum absolute atomic E-state index is 13.7.